The summed E-state index contributed by atoms with van der Waals surface area (Å²) in [6, 6.07) is 10.2. The molecule has 1 unspecified atom stereocenters. The second-order valence-electron chi connectivity index (χ2n) is 5.86. The molecule has 114 valence electrons. The fraction of sp³-hybridized carbons (Fsp3) is 0.684. The lowest BCUT2D eigenvalue weighted by atomic mass is 10.1. The molecule has 20 heavy (non-hydrogen) atoms. The standard InChI is InChI=1S/C19H32O/c1-3-4-5-6-7-8-9-10-12-15-18(2)20-19-16-13-11-14-17-19/h11,13-14,16-18H,3-10,12,15H2,1-2H3. The van der Waals surface area contributed by atoms with Crippen molar-refractivity contribution in [2.45, 2.75) is 84.2 Å². The van der Waals surface area contributed by atoms with Crippen LogP contribution in [0.5, 0.6) is 5.75 Å². The van der Waals surface area contributed by atoms with E-state index in [1.54, 1.807) is 0 Å². The molecule has 0 heterocycles. The molecule has 0 bridgehead atoms. The van der Waals surface area contributed by atoms with E-state index in [1.807, 2.05) is 30.3 Å². The van der Waals surface area contributed by atoms with Crippen molar-refractivity contribution in [1.82, 2.24) is 0 Å². The van der Waals surface area contributed by atoms with Crippen LogP contribution in [0.1, 0.15) is 78.1 Å². The highest BCUT2D eigenvalue weighted by molar-refractivity contribution is 5.21. The quantitative estimate of drug-likeness (QED) is 0.403. The van der Waals surface area contributed by atoms with Crippen molar-refractivity contribution in [3.05, 3.63) is 30.3 Å². The Hall–Kier alpha value is -0.980. The van der Waals surface area contributed by atoms with Crippen LogP contribution in [0.25, 0.3) is 0 Å². The molecule has 0 aliphatic carbocycles. The van der Waals surface area contributed by atoms with Gasteiger partial charge < -0.3 is 4.74 Å². The summed E-state index contributed by atoms with van der Waals surface area (Å²) in [6.07, 6.45) is 14.0. The maximum Gasteiger partial charge on any atom is 0.119 e. The molecule has 0 saturated carbocycles. The monoisotopic (exact) mass is 276 g/mol. The topological polar surface area (TPSA) is 9.23 Å². The maximum absolute atomic E-state index is 5.89. The smallest absolute Gasteiger partial charge is 0.119 e. The van der Waals surface area contributed by atoms with Gasteiger partial charge in [0.2, 0.25) is 0 Å². The average molecular weight is 276 g/mol. The Morgan fingerprint density at radius 3 is 1.95 bits per heavy atom. The third kappa shape index (κ3) is 9.01. The zero-order valence-electron chi connectivity index (χ0n) is 13.4. The normalized spacial score (nSPS) is 12.3. The van der Waals surface area contributed by atoms with Crippen LogP contribution in [0, 0.1) is 0 Å². The minimum absolute atomic E-state index is 0.335. The zero-order chi connectivity index (χ0) is 14.5. The van der Waals surface area contributed by atoms with Crippen LogP contribution in [0.3, 0.4) is 0 Å². The number of para-hydroxylation sites is 1. The van der Waals surface area contributed by atoms with Crippen molar-refractivity contribution in [3.63, 3.8) is 0 Å². The first-order valence-corrected chi connectivity index (χ1v) is 8.54. The molecule has 1 atom stereocenters. The second kappa shape index (κ2) is 11.8. The Balaban J connectivity index is 1.91. The van der Waals surface area contributed by atoms with E-state index in [2.05, 4.69) is 13.8 Å². The first-order valence-electron chi connectivity index (χ1n) is 8.54. The minimum atomic E-state index is 0.335. The van der Waals surface area contributed by atoms with Crippen molar-refractivity contribution in [2.75, 3.05) is 0 Å². The molecule has 0 radical (unpaired) electrons. The van der Waals surface area contributed by atoms with Crippen molar-refractivity contribution < 1.29 is 4.74 Å². The van der Waals surface area contributed by atoms with Crippen LogP contribution in [0.4, 0.5) is 0 Å². The lowest BCUT2D eigenvalue weighted by Gasteiger charge is -2.14. The van der Waals surface area contributed by atoms with E-state index >= 15 is 0 Å². The summed E-state index contributed by atoms with van der Waals surface area (Å²) < 4.78 is 5.89. The van der Waals surface area contributed by atoms with Gasteiger partial charge in [0.1, 0.15) is 5.75 Å². The minimum Gasteiger partial charge on any atom is -0.491 e. The fourth-order valence-corrected chi connectivity index (χ4v) is 2.53. The van der Waals surface area contributed by atoms with E-state index in [0.717, 1.165) is 5.75 Å². The highest BCUT2D eigenvalue weighted by Gasteiger charge is 2.03. The van der Waals surface area contributed by atoms with E-state index in [4.69, 9.17) is 4.74 Å². The highest BCUT2D eigenvalue weighted by Crippen LogP contribution is 2.15. The van der Waals surface area contributed by atoms with Crippen molar-refractivity contribution in [3.8, 4) is 5.75 Å². The Morgan fingerprint density at radius 1 is 0.800 bits per heavy atom. The third-order valence-corrected chi connectivity index (χ3v) is 3.79. The number of ether oxygens (including phenoxy) is 1. The molecule has 1 aromatic rings. The molecule has 0 aliphatic rings. The van der Waals surface area contributed by atoms with Crippen molar-refractivity contribution >= 4 is 0 Å². The lowest BCUT2D eigenvalue weighted by molar-refractivity contribution is 0.206. The van der Waals surface area contributed by atoms with Gasteiger partial charge in [0, 0.05) is 0 Å². The van der Waals surface area contributed by atoms with Crippen LogP contribution in [-0.2, 0) is 0 Å². The molecule has 0 aliphatic heterocycles. The molecular formula is C19H32O. The third-order valence-electron chi connectivity index (χ3n) is 3.79. The van der Waals surface area contributed by atoms with Gasteiger partial charge in [-0.1, -0.05) is 76.5 Å². The van der Waals surface area contributed by atoms with Gasteiger partial charge in [-0.05, 0) is 31.9 Å². The van der Waals surface area contributed by atoms with Crippen LogP contribution < -0.4 is 4.74 Å². The largest absolute Gasteiger partial charge is 0.491 e. The first-order chi connectivity index (χ1) is 9.83. The van der Waals surface area contributed by atoms with Crippen LogP contribution in [0.2, 0.25) is 0 Å². The number of benzene rings is 1. The van der Waals surface area contributed by atoms with Crippen molar-refractivity contribution in [1.29, 1.82) is 0 Å². The molecule has 0 fully saturated rings. The number of hydrogen-bond acceptors (Lipinski definition) is 1. The van der Waals surface area contributed by atoms with E-state index in [9.17, 15) is 0 Å². The molecule has 1 heteroatoms. The van der Waals surface area contributed by atoms with Crippen LogP contribution >= 0.6 is 0 Å². The number of unbranched alkanes of at least 4 members (excludes halogenated alkanes) is 8. The van der Waals surface area contributed by atoms with E-state index in [1.165, 1.54) is 64.2 Å². The Labute approximate surface area is 125 Å². The van der Waals surface area contributed by atoms with Gasteiger partial charge in [0.15, 0.2) is 0 Å². The molecule has 0 saturated heterocycles. The van der Waals surface area contributed by atoms with Crippen molar-refractivity contribution in [2.24, 2.45) is 0 Å². The summed E-state index contributed by atoms with van der Waals surface area (Å²) in [5, 5.41) is 0. The Morgan fingerprint density at radius 2 is 1.35 bits per heavy atom. The summed E-state index contributed by atoms with van der Waals surface area (Å²) in [4.78, 5) is 0. The van der Waals surface area contributed by atoms with Crippen LogP contribution in [-0.4, -0.2) is 6.10 Å². The van der Waals surface area contributed by atoms with Gasteiger partial charge in [-0.3, -0.25) is 0 Å². The van der Waals surface area contributed by atoms with Gasteiger partial charge >= 0.3 is 0 Å². The second-order valence-corrected chi connectivity index (χ2v) is 5.86. The summed E-state index contributed by atoms with van der Waals surface area (Å²) >= 11 is 0. The van der Waals surface area contributed by atoms with Gasteiger partial charge in [-0.15, -0.1) is 0 Å². The summed E-state index contributed by atoms with van der Waals surface area (Å²) in [7, 11) is 0. The average Bonchev–Trinajstić information content (AvgIpc) is 2.46. The lowest BCUT2D eigenvalue weighted by Crippen LogP contribution is -2.11. The van der Waals surface area contributed by atoms with Gasteiger partial charge in [0.25, 0.3) is 0 Å². The Bertz CT molecular complexity index is 307. The Kier molecular flexibility index (Phi) is 10.1. The van der Waals surface area contributed by atoms with Gasteiger partial charge in [-0.2, -0.15) is 0 Å². The molecule has 0 aromatic heterocycles. The van der Waals surface area contributed by atoms with E-state index < -0.39 is 0 Å². The van der Waals surface area contributed by atoms with Crippen LogP contribution in [0.15, 0.2) is 30.3 Å². The molecule has 1 nitrogen and oxygen atoms in total. The highest BCUT2D eigenvalue weighted by atomic mass is 16.5. The maximum atomic E-state index is 5.89. The van der Waals surface area contributed by atoms with E-state index in [0.29, 0.717) is 6.10 Å². The fourth-order valence-electron chi connectivity index (χ4n) is 2.53. The number of hydrogen-bond donors (Lipinski definition) is 0. The summed E-state index contributed by atoms with van der Waals surface area (Å²) in [5.41, 5.74) is 0. The van der Waals surface area contributed by atoms with Gasteiger partial charge in [-0.25, -0.2) is 0 Å². The summed E-state index contributed by atoms with van der Waals surface area (Å²) in [5.74, 6) is 0.996. The molecule has 0 spiro atoms. The van der Waals surface area contributed by atoms with Gasteiger partial charge in [0.05, 0.1) is 6.10 Å². The molecule has 0 amide bonds. The summed E-state index contributed by atoms with van der Waals surface area (Å²) in [6.45, 7) is 4.45. The molecule has 1 aromatic carbocycles. The number of rotatable bonds is 12. The predicted octanol–water partition coefficient (Wildman–Crippen LogP) is 6.37. The SMILES string of the molecule is CCCCCCCCCCCC(C)Oc1ccccc1. The molecule has 1 rings (SSSR count). The molecule has 0 N–H and O–H groups in total. The zero-order valence-corrected chi connectivity index (χ0v) is 13.4. The molecular weight excluding hydrogens is 244 g/mol. The van der Waals surface area contributed by atoms with E-state index in [-0.39, 0.29) is 0 Å². The first kappa shape index (κ1) is 17.1. The predicted molar refractivity (Wildman–Crippen MR) is 88.4 cm³/mol.